The highest BCUT2D eigenvalue weighted by Crippen LogP contribution is 2.41. The first-order chi connectivity index (χ1) is 16.7. The van der Waals surface area contributed by atoms with Crippen LogP contribution in [0.3, 0.4) is 0 Å². The summed E-state index contributed by atoms with van der Waals surface area (Å²) in [7, 11) is 0. The Hall–Kier alpha value is -3.99. The number of hydrogen-bond donors (Lipinski definition) is 0. The Balaban J connectivity index is 1.64. The van der Waals surface area contributed by atoms with Crippen LogP contribution in [-0.2, 0) is 11.2 Å². The van der Waals surface area contributed by atoms with E-state index in [2.05, 4.69) is 6.08 Å². The van der Waals surface area contributed by atoms with E-state index >= 15 is 0 Å². The molecule has 0 unspecified atom stereocenters. The van der Waals surface area contributed by atoms with Crippen LogP contribution in [0.1, 0.15) is 58.2 Å². The molecule has 5 nitrogen and oxygen atoms in total. The van der Waals surface area contributed by atoms with E-state index in [0.29, 0.717) is 11.1 Å². The summed E-state index contributed by atoms with van der Waals surface area (Å²) in [5.41, 5.74) is 4.82. The second-order valence-corrected chi connectivity index (χ2v) is 9.91. The molecule has 0 N–H and O–H groups in total. The van der Waals surface area contributed by atoms with Crippen LogP contribution in [0.4, 0.5) is 5.69 Å². The summed E-state index contributed by atoms with van der Waals surface area (Å²) >= 11 is 0. The summed E-state index contributed by atoms with van der Waals surface area (Å²) < 4.78 is 0. The van der Waals surface area contributed by atoms with Crippen LogP contribution in [0.2, 0.25) is 0 Å². The Labute approximate surface area is 205 Å². The Morgan fingerprint density at radius 1 is 0.829 bits per heavy atom. The number of imide groups is 1. The molecule has 3 amide bonds. The Bertz CT molecular complexity index is 1350. The lowest BCUT2D eigenvalue weighted by molar-refractivity contribution is -0.123. The zero-order chi connectivity index (χ0) is 24.9. The Kier molecular flexibility index (Phi) is 5.43. The highest BCUT2D eigenvalue weighted by Gasteiger charge is 2.47. The number of carbonyl (C=O) groups excluding carboxylic acids is 3. The number of rotatable bonds is 4. The number of anilines is 1. The summed E-state index contributed by atoms with van der Waals surface area (Å²) in [6.07, 6.45) is 2.31. The van der Waals surface area contributed by atoms with Crippen molar-refractivity contribution in [1.82, 2.24) is 4.90 Å². The van der Waals surface area contributed by atoms with Crippen molar-refractivity contribution in [3.8, 4) is 0 Å². The van der Waals surface area contributed by atoms with Gasteiger partial charge < -0.3 is 4.90 Å². The molecule has 0 bridgehead atoms. The van der Waals surface area contributed by atoms with Gasteiger partial charge in [0.05, 0.1) is 22.4 Å². The van der Waals surface area contributed by atoms with E-state index < -0.39 is 23.4 Å². The number of nitrogens with zero attached hydrogens (tertiary/aromatic N) is 2. The maximum atomic E-state index is 14.5. The maximum absolute atomic E-state index is 14.5. The predicted octanol–water partition coefficient (Wildman–Crippen LogP) is 5.43. The topological polar surface area (TPSA) is 57.7 Å². The van der Waals surface area contributed by atoms with Gasteiger partial charge in [0.25, 0.3) is 17.7 Å². The molecule has 5 rings (SSSR count). The molecular weight excluding hydrogens is 436 g/mol. The smallest absolute Gasteiger partial charge is 0.262 e. The average molecular weight is 465 g/mol. The number of carbonyl (C=O) groups is 3. The molecule has 3 aromatic carbocycles. The highest BCUT2D eigenvalue weighted by atomic mass is 16.2. The van der Waals surface area contributed by atoms with Crippen molar-refractivity contribution in [3.05, 3.63) is 107 Å². The summed E-state index contributed by atoms with van der Waals surface area (Å²) in [6.45, 7) is 8.02. The fraction of sp³-hybridized carbons (Fsp3) is 0.233. The molecule has 0 radical (unpaired) electrons. The second kappa shape index (κ2) is 8.35. The first-order valence-electron chi connectivity index (χ1n) is 11.8. The predicted molar refractivity (Wildman–Crippen MR) is 137 cm³/mol. The van der Waals surface area contributed by atoms with Crippen molar-refractivity contribution in [1.29, 1.82) is 0 Å². The van der Waals surface area contributed by atoms with Gasteiger partial charge in [0.15, 0.2) is 0 Å². The standard InChI is InChI=1S/C30H28N2O3/c1-19-14-15-22-20(2)18-30(3,4)32(25(22)16-19)29(35)26(17-21-10-6-5-7-11-21)31-27(33)23-12-8-9-13-24(23)28(31)34/h5-16,18,26H,17H2,1-4H3/t26-/m1/s1. The minimum Gasteiger partial charge on any atom is -0.301 e. The third-order valence-corrected chi connectivity index (χ3v) is 6.88. The van der Waals surface area contributed by atoms with E-state index in [-0.39, 0.29) is 12.3 Å². The first-order valence-corrected chi connectivity index (χ1v) is 11.8. The second-order valence-electron chi connectivity index (χ2n) is 9.91. The SMILES string of the molecule is CC1=CC(C)(C)N(C(=O)[C@@H](Cc2ccccc2)N2C(=O)c3ccccc3C2=O)c2cc(C)ccc21. The number of fused-ring (bicyclic) bond motifs is 2. The molecule has 35 heavy (non-hydrogen) atoms. The number of aryl methyl sites for hydroxylation is 1. The van der Waals surface area contributed by atoms with E-state index in [4.69, 9.17) is 0 Å². The molecule has 2 heterocycles. The minimum absolute atomic E-state index is 0.238. The molecule has 2 aliphatic rings. The zero-order valence-corrected chi connectivity index (χ0v) is 20.4. The molecule has 0 fully saturated rings. The minimum atomic E-state index is -0.982. The lowest BCUT2D eigenvalue weighted by Crippen LogP contribution is -2.58. The van der Waals surface area contributed by atoms with Crippen molar-refractivity contribution in [2.45, 2.75) is 45.7 Å². The molecule has 1 atom stereocenters. The Morgan fingerprint density at radius 3 is 2.06 bits per heavy atom. The zero-order valence-electron chi connectivity index (χ0n) is 20.4. The number of allylic oxidation sites excluding steroid dienone is 1. The number of hydrogen-bond acceptors (Lipinski definition) is 3. The number of benzene rings is 3. The van der Waals surface area contributed by atoms with Gasteiger partial charge in [-0.2, -0.15) is 0 Å². The first kappa shape index (κ1) is 22.8. The molecule has 176 valence electrons. The van der Waals surface area contributed by atoms with Gasteiger partial charge >= 0.3 is 0 Å². The summed E-state index contributed by atoms with van der Waals surface area (Å²) in [6, 6.07) is 21.4. The van der Waals surface area contributed by atoms with Gasteiger partial charge in [0.2, 0.25) is 0 Å². The van der Waals surface area contributed by atoms with Crippen molar-refractivity contribution < 1.29 is 14.4 Å². The normalized spacial score (nSPS) is 17.1. The summed E-state index contributed by atoms with van der Waals surface area (Å²) in [4.78, 5) is 44.3. The van der Waals surface area contributed by atoms with E-state index in [0.717, 1.165) is 32.9 Å². The molecule has 3 aromatic rings. The summed E-state index contributed by atoms with van der Waals surface area (Å²) in [5, 5.41) is 0. The Morgan fingerprint density at radius 2 is 1.43 bits per heavy atom. The van der Waals surface area contributed by atoms with Gasteiger partial charge in [0.1, 0.15) is 6.04 Å². The fourth-order valence-electron chi connectivity index (χ4n) is 5.31. The number of amides is 3. The van der Waals surface area contributed by atoms with Gasteiger partial charge in [-0.15, -0.1) is 0 Å². The monoisotopic (exact) mass is 464 g/mol. The van der Waals surface area contributed by atoms with E-state index in [1.54, 1.807) is 29.2 Å². The van der Waals surface area contributed by atoms with E-state index in [1.807, 2.05) is 76.2 Å². The summed E-state index contributed by atoms with van der Waals surface area (Å²) in [5.74, 6) is -1.12. The van der Waals surface area contributed by atoms with Crippen molar-refractivity contribution in [2.24, 2.45) is 0 Å². The largest absolute Gasteiger partial charge is 0.301 e. The molecule has 0 saturated heterocycles. The van der Waals surface area contributed by atoms with Crippen LogP contribution in [0, 0.1) is 6.92 Å². The third kappa shape index (κ3) is 3.77. The van der Waals surface area contributed by atoms with Crippen LogP contribution in [0.15, 0.2) is 78.9 Å². The molecule has 0 spiro atoms. The van der Waals surface area contributed by atoms with Crippen LogP contribution < -0.4 is 4.90 Å². The van der Waals surface area contributed by atoms with Crippen molar-refractivity contribution in [2.75, 3.05) is 4.90 Å². The lowest BCUT2D eigenvalue weighted by Gasteiger charge is -2.44. The van der Waals surface area contributed by atoms with Crippen LogP contribution in [-0.4, -0.2) is 34.2 Å². The molecule has 5 heteroatoms. The van der Waals surface area contributed by atoms with Crippen LogP contribution in [0.5, 0.6) is 0 Å². The molecule has 2 aliphatic heterocycles. The van der Waals surface area contributed by atoms with Gasteiger partial charge in [-0.1, -0.05) is 60.7 Å². The van der Waals surface area contributed by atoms with Crippen LogP contribution in [0.25, 0.3) is 5.57 Å². The van der Waals surface area contributed by atoms with Crippen LogP contribution >= 0.6 is 0 Å². The van der Waals surface area contributed by atoms with Crippen molar-refractivity contribution >= 4 is 29.0 Å². The average Bonchev–Trinajstić information content (AvgIpc) is 3.07. The molecule has 0 aromatic heterocycles. The molecule has 0 aliphatic carbocycles. The van der Waals surface area contributed by atoms with Crippen molar-refractivity contribution in [3.63, 3.8) is 0 Å². The van der Waals surface area contributed by atoms with Gasteiger partial charge in [0, 0.05) is 12.0 Å². The lowest BCUT2D eigenvalue weighted by atomic mass is 9.87. The van der Waals surface area contributed by atoms with Gasteiger partial charge in [-0.3, -0.25) is 19.3 Å². The van der Waals surface area contributed by atoms with E-state index in [9.17, 15) is 14.4 Å². The van der Waals surface area contributed by atoms with Gasteiger partial charge in [-0.25, -0.2) is 0 Å². The molecule has 0 saturated carbocycles. The third-order valence-electron chi connectivity index (χ3n) is 6.88. The highest BCUT2D eigenvalue weighted by molar-refractivity contribution is 6.23. The quantitative estimate of drug-likeness (QED) is 0.484. The van der Waals surface area contributed by atoms with Gasteiger partial charge in [-0.05, 0) is 62.6 Å². The molecular formula is C30H28N2O3. The van der Waals surface area contributed by atoms with E-state index in [1.165, 1.54) is 0 Å². The maximum Gasteiger partial charge on any atom is 0.262 e. The fourth-order valence-corrected chi connectivity index (χ4v) is 5.31.